The van der Waals surface area contributed by atoms with E-state index in [1.807, 2.05) is 26.0 Å². The first kappa shape index (κ1) is 11.4. The molecule has 0 saturated heterocycles. The van der Waals surface area contributed by atoms with Crippen LogP contribution >= 0.6 is 0 Å². The van der Waals surface area contributed by atoms with Crippen LogP contribution in [-0.4, -0.2) is 9.46 Å². The molecule has 0 spiro atoms. The van der Waals surface area contributed by atoms with Crippen LogP contribution in [0.5, 0.6) is 0 Å². The third-order valence-electron chi connectivity index (χ3n) is 2.19. The van der Waals surface area contributed by atoms with E-state index >= 15 is 0 Å². The summed E-state index contributed by atoms with van der Waals surface area (Å²) in [6, 6.07) is 8.08. The van der Waals surface area contributed by atoms with Crippen molar-refractivity contribution in [1.82, 2.24) is 0 Å². The van der Waals surface area contributed by atoms with Gasteiger partial charge in [0.05, 0.1) is 10.8 Å². The number of hydrogen-bond acceptors (Lipinski definition) is 1. The average molecular weight is 210 g/mol. The van der Waals surface area contributed by atoms with Gasteiger partial charge < -0.3 is 0 Å². The molecular weight excluding hydrogens is 192 g/mol. The van der Waals surface area contributed by atoms with E-state index in [2.05, 4.69) is 26.0 Å². The minimum absolute atomic E-state index is 0.192. The average Bonchev–Trinajstić information content (AvgIpc) is 2.16. The fourth-order valence-electron chi connectivity index (χ4n) is 1.27. The van der Waals surface area contributed by atoms with Gasteiger partial charge in [-0.1, -0.05) is 39.8 Å². The second kappa shape index (κ2) is 4.74. The zero-order valence-corrected chi connectivity index (χ0v) is 10.1. The van der Waals surface area contributed by atoms with Crippen molar-refractivity contribution in [2.45, 2.75) is 43.8 Å². The molecule has 0 aliphatic heterocycles. The van der Waals surface area contributed by atoms with Crippen LogP contribution in [0.3, 0.4) is 0 Å². The van der Waals surface area contributed by atoms with Gasteiger partial charge in [0.2, 0.25) is 0 Å². The Balaban J connectivity index is 3.00. The summed E-state index contributed by atoms with van der Waals surface area (Å²) in [5.41, 5.74) is 1.26. The molecule has 78 valence electrons. The standard InChI is InChI=1S/C12H18OS/c1-9(2)11-6-5-7-12(8-11)14(13)10(3)4/h5-10H,1-4H3. The first-order chi connectivity index (χ1) is 6.52. The van der Waals surface area contributed by atoms with E-state index in [4.69, 9.17) is 0 Å². The third-order valence-corrected chi connectivity index (χ3v) is 3.76. The van der Waals surface area contributed by atoms with Gasteiger partial charge in [-0.2, -0.15) is 0 Å². The summed E-state index contributed by atoms with van der Waals surface area (Å²) in [6.07, 6.45) is 0. The SMILES string of the molecule is CC(C)c1cccc(S(=O)C(C)C)c1. The molecule has 1 rings (SSSR count). The Bertz CT molecular complexity index is 329. The van der Waals surface area contributed by atoms with Crippen LogP contribution in [0.4, 0.5) is 0 Å². The van der Waals surface area contributed by atoms with Gasteiger partial charge in [-0.15, -0.1) is 0 Å². The van der Waals surface area contributed by atoms with Crippen LogP contribution in [0.15, 0.2) is 29.2 Å². The molecule has 0 radical (unpaired) electrons. The van der Waals surface area contributed by atoms with Crippen molar-refractivity contribution >= 4 is 10.8 Å². The Morgan fingerprint density at radius 2 is 1.79 bits per heavy atom. The smallest absolute Gasteiger partial charge is 0.0555 e. The molecule has 0 fully saturated rings. The lowest BCUT2D eigenvalue weighted by Gasteiger charge is -2.09. The lowest BCUT2D eigenvalue weighted by atomic mass is 10.0. The molecule has 0 aliphatic carbocycles. The summed E-state index contributed by atoms with van der Waals surface area (Å²) in [5, 5.41) is 0.192. The number of rotatable bonds is 3. The molecule has 1 nitrogen and oxygen atoms in total. The zero-order chi connectivity index (χ0) is 10.7. The Labute approximate surface area is 89.0 Å². The van der Waals surface area contributed by atoms with Crippen molar-refractivity contribution < 1.29 is 4.21 Å². The van der Waals surface area contributed by atoms with E-state index in [0.29, 0.717) is 5.92 Å². The van der Waals surface area contributed by atoms with Crippen molar-refractivity contribution in [3.63, 3.8) is 0 Å². The van der Waals surface area contributed by atoms with Gasteiger partial charge in [-0.05, 0) is 23.6 Å². The molecular formula is C12H18OS. The van der Waals surface area contributed by atoms with Gasteiger partial charge >= 0.3 is 0 Å². The Morgan fingerprint density at radius 1 is 1.14 bits per heavy atom. The molecule has 0 saturated carbocycles. The molecule has 1 aromatic carbocycles. The largest absolute Gasteiger partial charge is 0.254 e. The Morgan fingerprint density at radius 3 is 2.29 bits per heavy atom. The van der Waals surface area contributed by atoms with E-state index in [1.165, 1.54) is 5.56 Å². The summed E-state index contributed by atoms with van der Waals surface area (Å²) in [6.45, 7) is 8.27. The van der Waals surface area contributed by atoms with Gasteiger partial charge in [0.25, 0.3) is 0 Å². The molecule has 1 aromatic rings. The normalized spacial score (nSPS) is 13.6. The molecule has 0 aromatic heterocycles. The summed E-state index contributed by atoms with van der Waals surface area (Å²) < 4.78 is 11.8. The second-order valence-corrected chi connectivity index (χ2v) is 6.08. The maximum Gasteiger partial charge on any atom is 0.0555 e. The molecule has 0 bridgehead atoms. The molecule has 0 amide bonds. The summed E-state index contributed by atoms with van der Waals surface area (Å²) in [4.78, 5) is 0.950. The highest BCUT2D eigenvalue weighted by molar-refractivity contribution is 7.85. The van der Waals surface area contributed by atoms with E-state index in [1.54, 1.807) is 0 Å². The fourth-order valence-corrected chi connectivity index (χ4v) is 2.28. The lowest BCUT2D eigenvalue weighted by Crippen LogP contribution is -2.06. The van der Waals surface area contributed by atoms with E-state index in [-0.39, 0.29) is 5.25 Å². The fraction of sp³-hybridized carbons (Fsp3) is 0.500. The van der Waals surface area contributed by atoms with E-state index in [9.17, 15) is 4.21 Å². The predicted octanol–water partition coefficient (Wildman–Crippen LogP) is 3.33. The van der Waals surface area contributed by atoms with Crippen molar-refractivity contribution in [3.05, 3.63) is 29.8 Å². The van der Waals surface area contributed by atoms with Crippen molar-refractivity contribution in [3.8, 4) is 0 Å². The van der Waals surface area contributed by atoms with Crippen LogP contribution in [0.25, 0.3) is 0 Å². The molecule has 14 heavy (non-hydrogen) atoms. The van der Waals surface area contributed by atoms with Gasteiger partial charge in [0.1, 0.15) is 0 Å². The summed E-state index contributed by atoms with van der Waals surface area (Å²) >= 11 is 0. The predicted molar refractivity (Wildman–Crippen MR) is 62.1 cm³/mol. The molecule has 2 heteroatoms. The van der Waals surface area contributed by atoms with E-state index < -0.39 is 10.8 Å². The minimum Gasteiger partial charge on any atom is -0.254 e. The topological polar surface area (TPSA) is 17.1 Å². The Kier molecular flexibility index (Phi) is 3.87. The summed E-state index contributed by atoms with van der Waals surface area (Å²) in [7, 11) is -0.862. The van der Waals surface area contributed by atoms with Crippen molar-refractivity contribution in [1.29, 1.82) is 0 Å². The van der Waals surface area contributed by atoms with Crippen molar-refractivity contribution in [2.75, 3.05) is 0 Å². The maximum absolute atomic E-state index is 11.8. The minimum atomic E-state index is -0.862. The molecule has 0 heterocycles. The summed E-state index contributed by atoms with van der Waals surface area (Å²) in [5.74, 6) is 0.499. The number of benzene rings is 1. The van der Waals surface area contributed by atoms with Crippen LogP contribution in [0.1, 0.15) is 39.2 Å². The molecule has 0 aliphatic rings. The van der Waals surface area contributed by atoms with Crippen molar-refractivity contribution in [2.24, 2.45) is 0 Å². The molecule has 1 unspecified atom stereocenters. The van der Waals surface area contributed by atoms with Crippen LogP contribution in [-0.2, 0) is 10.8 Å². The van der Waals surface area contributed by atoms with Gasteiger partial charge in [0.15, 0.2) is 0 Å². The highest BCUT2D eigenvalue weighted by Gasteiger charge is 2.09. The molecule has 1 atom stereocenters. The van der Waals surface area contributed by atoms with Gasteiger partial charge in [0, 0.05) is 10.1 Å². The molecule has 0 N–H and O–H groups in total. The third kappa shape index (κ3) is 2.68. The monoisotopic (exact) mass is 210 g/mol. The quantitative estimate of drug-likeness (QED) is 0.748. The van der Waals surface area contributed by atoms with Crippen LogP contribution < -0.4 is 0 Å². The van der Waals surface area contributed by atoms with Gasteiger partial charge in [-0.25, -0.2) is 0 Å². The van der Waals surface area contributed by atoms with Crippen LogP contribution in [0, 0.1) is 0 Å². The van der Waals surface area contributed by atoms with E-state index in [0.717, 1.165) is 4.90 Å². The Hall–Kier alpha value is -0.630. The highest BCUT2D eigenvalue weighted by Crippen LogP contribution is 2.19. The first-order valence-electron chi connectivity index (χ1n) is 5.03. The lowest BCUT2D eigenvalue weighted by molar-refractivity contribution is 0.676. The van der Waals surface area contributed by atoms with Crippen LogP contribution in [0.2, 0.25) is 0 Å². The number of hydrogen-bond donors (Lipinski definition) is 0. The second-order valence-electron chi connectivity index (χ2n) is 4.07. The van der Waals surface area contributed by atoms with Gasteiger partial charge in [-0.3, -0.25) is 4.21 Å². The first-order valence-corrected chi connectivity index (χ1v) is 6.24. The maximum atomic E-state index is 11.8. The highest BCUT2D eigenvalue weighted by atomic mass is 32.2. The zero-order valence-electron chi connectivity index (χ0n) is 9.28.